The van der Waals surface area contributed by atoms with Crippen LogP contribution in [0.25, 0.3) is 0 Å². The summed E-state index contributed by atoms with van der Waals surface area (Å²) in [6, 6.07) is 9.57. The SMILES string of the molecule is COc1cc(C)c(C(C)NC(=O)CCc2ccc(Cl)c(Cl)c2)cc1C(C)C. The summed E-state index contributed by atoms with van der Waals surface area (Å²) >= 11 is 12.0. The van der Waals surface area contributed by atoms with E-state index in [1.54, 1.807) is 13.2 Å². The van der Waals surface area contributed by atoms with Gasteiger partial charge in [-0.2, -0.15) is 0 Å². The molecule has 0 aliphatic carbocycles. The highest BCUT2D eigenvalue weighted by atomic mass is 35.5. The van der Waals surface area contributed by atoms with Crippen molar-refractivity contribution in [3.63, 3.8) is 0 Å². The molecule has 2 aromatic rings. The molecule has 2 aromatic carbocycles. The molecule has 3 nitrogen and oxygen atoms in total. The van der Waals surface area contributed by atoms with Crippen LogP contribution < -0.4 is 10.1 Å². The minimum Gasteiger partial charge on any atom is -0.496 e. The van der Waals surface area contributed by atoms with Gasteiger partial charge in [0.05, 0.1) is 23.2 Å². The molecule has 0 aromatic heterocycles. The average molecular weight is 408 g/mol. The van der Waals surface area contributed by atoms with E-state index >= 15 is 0 Å². The number of halogens is 2. The zero-order chi connectivity index (χ0) is 20.1. The Morgan fingerprint density at radius 1 is 1.07 bits per heavy atom. The van der Waals surface area contributed by atoms with Crippen molar-refractivity contribution in [3.05, 3.63) is 62.6 Å². The van der Waals surface area contributed by atoms with Gasteiger partial charge in [0.2, 0.25) is 5.91 Å². The summed E-state index contributed by atoms with van der Waals surface area (Å²) in [5, 5.41) is 4.13. The summed E-state index contributed by atoms with van der Waals surface area (Å²) in [6.45, 7) is 8.32. The first-order valence-electron chi connectivity index (χ1n) is 9.14. The maximum Gasteiger partial charge on any atom is 0.220 e. The first-order valence-corrected chi connectivity index (χ1v) is 9.90. The molecule has 0 saturated carbocycles. The van der Waals surface area contributed by atoms with Crippen molar-refractivity contribution in [2.45, 2.75) is 52.5 Å². The zero-order valence-electron chi connectivity index (χ0n) is 16.5. The summed E-state index contributed by atoms with van der Waals surface area (Å²) in [5.74, 6) is 1.25. The third kappa shape index (κ3) is 5.63. The first-order chi connectivity index (χ1) is 12.7. The van der Waals surface area contributed by atoms with Crippen molar-refractivity contribution < 1.29 is 9.53 Å². The number of aryl methyl sites for hydroxylation is 2. The van der Waals surface area contributed by atoms with Gasteiger partial charge in [-0.15, -0.1) is 0 Å². The van der Waals surface area contributed by atoms with Gasteiger partial charge in [0.25, 0.3) is 0 Å². The highest BCUT2D eigenvalue weighted by Crippen LogP contribution is 2.32. The lowest BCUT2D eigenvalue weighted by Gasteiger charge is -2.21. The van der Waals surface area contributed by atoms with Gasteiger partial charge in [-0.3, -0.25) is 4.79 Å². The average Bonchev–Trinajstić information content (AvgIpc) is 2.61. The van der Waals surface area contributed by atoms with E-state index in [9.17, 15) is 4.79 Å². The summed E-state index contributed by atoms with van der Waals surface area (Å²) < 4.78 is 5.50. The summed E-state index contributed by atoms with van der Waals surface area (Å²) in [5.41, 5.74) is 4.36. The Hall–Kier alpha value is -1.71. The largest absolute Gasteiger partial charge is 0.496 e. The number of benzene rings is 2. The quantitative estimate of drug-likeness (QED) is 0.589. The Morgan fingerprint density at radius 2 is 1.78 bits per heavy atom. The fourth-order valence-electron chi connectivity index (χ4n) is 3.15. The van der Waals surface area contributed by atoms with Gasteiger partial charge in [0.15, 0.2) is 0 Å². The predicted octanol–water partition coefficient (Wildman–Crippen LogP) is 6.24. The third-order valence-electron chi connectivity index (χ3n) is 4.71. The van der Waals surface area contributed by atoms with E-state index in [0.717, 1.165) is 28.0 Å². The normalized spacial score (nSPS) is 12.1. The second-order valence-electron chi connectivity index (χ2n) is 7.14. The van der Waals surface area contributed by atoms with Crippen molar-refractivity contribution >= 4 is 29.1 Å². The topological polar surface area (TPSA) is 38.3 Å². The standard InChI is InChI=1S/C22H27Cl2NO2/c1-13(2)17-12-18(14(3)10-21(17)27-5)15(4)25-22(26)9-7-16-6-8-19(23)20(24)11-16/h6,8,10-13,15H,7,9H2,1-5H3,(H,25,26). The smallest absolute Gasteiger partial charge is 0.220 e. The van der Waals surface area contributed by atoms with Gasteiger partial charge in [0.1, 0.15) is 5.75 Å². The van der Waals surface area contributed by atoms with Crippen molar-refractivity contribution in [2.75, 3.05) is 7.11 Å². The minimum atomic E-state index is -0.0743. The molecule has 1 atom stereocenters. The highest BCUT2D eigenvalue weighted by molar-refractivity contribution is 6.42. The van der Waals surface area contributed by atoms with Crippen molar-refractivity contribution in [2.24, 2.45) is 0 Å². The Labute approximate surface area is 172 Å². The van der Waals surface area contributed by atoms with Gasteiger partial charge in [-0.1, -0.05) is 43.1 Å². The highest BCUT2D eigenvalue weighted by Gasteiger charge is 2.17. The van der Waals surface area contributed by atoms with E-state index in [1.165, 1.54) is 0 Å². The molecule has 0 spiro atoms. The molecular weight excluding hydrogens is 381 g/mol. The first kappa shape index (κ1) is 21.6. The Balaban J connectivity index is 2.05. The molecule has 0 bridgehead atoms. The van der Waals surface area contributed by atoms with Gasteiger partial charge in [0, 0.05) is 6.42 Å². The van der Waals surface area contributed by atoms with Crippen LogP contribution in [-0.4, -0.2) is 13.0 Å². The van der Waals surface area contributed by atoms with E-state index < -0.39 is 0 Å². The van der Waals surface area contributed by atoms with E-state index in [0.29, 0.717) is 28.8 Å². The van der Waals surface area contributed by atoms with Crippen molar-refractivity contribution in [1.82, 2.24) is 5.32 Å². The van der Waals surface area contributed by atoms with Crippen LogP contribution in [0.15, 0.2) is 30.3 Å². The van der Waals surface area contributed by atoms with Crippen LogP contribution >= 0.6 is 23.2 Å². The van der Waals surface area contributed by atoms with Crippen LogP contribution in [0.1, 0.15) is 61.4 Å². The number of rotatable bonds is 7. The maximum absolute atomic E-state index is 12.4. The number of carbonyl (C=O) groups excluding carboxylic acids is 1. The molecule has 146 valence electrons. The number of hydrogen-bond acceptors (Lipinski definition) is 2. The molecule has 0 aliphatic rings. The Kier molecular flexibility index (Phi) is 7.58. The van der Waals surface area contributed by atoms with Crippen LogP contribution in [0, 0.1) is 6.92 Å². The number of methoxy groups -OCH3 is 1. The van der Waals surface area contributed by atoms with E-state index in [4.69, 9.17) is 27.9 Å². The molecule has 0 fully saturated rings. The lowest BCUT2D eigenvalue weighted by atomic mass is 9.93. The van der Waals surface area contributed by atoms with Crippen LogP contribution in [0.4, 0.5) is 0 Å². The summed E-state index contributed by atoms with van der Waals surface area (Å²) in [7, 11) is 1.69. The predicted molar refractivity (Wildman–Crippen MR) is 113 cm³/mol. The van der Waals surface area contributed by atoms with E-state index in [2.05, 4.69) is 25.2 Å². The van der Waals surface area contributed by atoms with Crippen LogP contribution in [0.5, 0.6) is 5.75 Å². The van der Waals surface area contributed by atoms with Crippen molar-refractivity contribution in [3.8, 4) is 5.75 Å². The van der Waals surface area contributed by atoms with Gasteiger partial charge in [-0.25, -0.2) is 0 Å². The second kappa shape index (κ2) is 9.48. The van der Waals surface area contributed by atoms with Gasteiger partial charge < -0.3 is 10.1 Å². The molecule has 1 amide bonds. The Bertz CT molecular complexity index is 818. The van der Waals surface area contributed by atoms with Crippen LogP contribution in [0.3, 0.4) is 0 Å². The minimum absolute atomic E-state index is 0.00916. The van der Waals surface area contributed by atoms with Gasteiger partial charge >= 0.3 is 0 Å². The summed E-state index contributed by atoms with van der Waals surface area (Å²) in [6.07, 6.45) is 1.02. The number of ether oxygens (including phenoxy) is 1. The Morgan fingerprint density at radius 3 is 2.37 bits per heavy atom. The molecule has 5 heteroatoms. The maximum atomic E-state index is 12.4. The fraction of sp³-hybridized carbons (Fsp3) is 0.409. The molecule has 0 aliphatic heterocycles. The van der Waals surface area contributed by atoms with Crippen LogP contribution in [-0.2, 0) is 11.2 Å². The molecule has 27 heavy (non-hydrogen) atoms. The molecular formula is C22H27Cl2NO2. The molecule has 0 radical (unpaired) electrons. The number of nitrogens with one attached hydrogen (secondary N) is 1. The molecule has 1 unspecified atom stereocenters. The van der Waals surface area contributed by atoms with Gasteiger partial charge in [-0.05, 0) is 72.7 Å². The zero-order valence-corrected chi connectivity index (χ0v) is 18.0. The third-order valence-corrected chi connectivity index (χ3v) is 5.45. The molecule has 0 heterocycles. The monoisotopic (exact) mass is 407 g/mol. The van der Waals surface area contributed by atoms with Crippen LogP contribution in [0.2, 0.25) is 10.0 Å². The molecule has 1 N–H and O–H groups in total. The van der Waals surface area contributed by atoms with Crippen molar-refractivity contribution in [1.29, 1.82) is 0 Å². The number of carbonyl (C=O) groups is 1. The molecule has 0 saturated heterocycles. The number of amides is 1. The lowest BCUT2D eigenvalue weighted by Crippen LogP contribution is -2.27. The molecule has 2 rings (SSSR count). The second-order valence-corrected chi connectivity index (χ2v) is 7.96. The summed E-state index contributed by atoms with van der Waals surface area (Å²) in [4.78, 5) is 12.4. The van der Waals surface area contributed by atoms with E-state index in [1.807, 2.05) is 32.0 Å². The van der Waals surface area contributed by atoms with E-state index in [-0.39, 0.29) is 11.9 Å². The number of hydrogen-bond donors (Lipinski definition) is 1. The fourth-order valence-corrected chi connectivity index (χ4v) is 3.48. The lowest BCUT2D eigenvalue weighted by molar-refractivity contribution is -0.121.